The molecule has 0 aliphatic rings. The predicted molar refractivity (Wildman–Crippen MR) is 95.6 cm³/mol. The lowest BCUT2D eigenvalue weighted by atomic mass is 10.2. The third kappa shape index (κ3) is 3.34. The lowest BCUT2D eigenvalue weighted by molar-refractivity contribution is 0.276. The molecule has 0 amide bonds. The van der Waals surface area contributed by atoms with Gasteiger partial charge in [-0.1, -0.05) is 17.7 Å². The molecular weight excluding hydrogens is 326 g/mol. The van der Waals surface area contributed by atoms with Crippen LogP contribution in [0.15, 0.2) is 42.5 Å². The quantitative estimate of drug-likeness (QED) is 0.617. The van der Waals surface area contributed by atoms with Gasteiger partial charge in [0, 0.05) is 5.39 Å². The van der Waals surface area contributed by atoms with E-state index in [4.69, 9.17) is 9.05 Å². The van der Waals surface area contributed by atoms with Gasteiger partial charge in [-0.05, 0) is 51.1 Å². The monoisotopic (exact) mass is 346 g/mol. The van der Waals surface area contributed by atoms with Crippen molar-refractivity contribution < 1.29 is 13.4 Å². The molecule has 3 aromatic rings. The van der Waals surface area contributed by atoms with Crippen molar-refractivity contribution in [2.24, 2.45) is 0 Å². The SMILES string of the molecule is CCOP(OCC)c1c2cc(F)ccc2nn1-c1ccc(C)cc1. The normalized spacial score (nSPS) is 11.5. The molecule has 0 bridgehead atoms. The van der Waals surface area contributed by atoms with E-state index < -0.39 is 8.38 Å². The summed E-state index contributed by atoms with van der Waals surface area (Å²) in [7, 11) is -1.35. The topological polar surface area (TPSA) is 36.3 Å². The standard InChI is InChI=1S/C18H20FN2O2P/c1-4-22-24(23-5-2)18-16-12-14(19)8-11-17(16)20-21(18)15-9-6-13(3)7-10-15/h6-12H,4-5H2,1-3H3. The maximum atomic E-state index is 13.8. The van der Waals surface area contributed by atoms with E-state index in [1.54, 1.807) is 10.7 Å². The van der Waals surface area contributed by atoms with Crippen molar-refractivity contribution in [3.8, 4) is 5.69 Å². The molecule has 24 heavy (non-hydrogen) atoms. The molecule has 0 spiro atoms. The summed E-state index contributed by atoms with van der Waals surface area (Å²) in [5.41, 5.74) is 3.56. The zero-order valence-electron chi connectivity index (χ0n) is 14.0. The second-order valence-corrected chi connectivity index (χ2v) is 6.78. The van der Waals surface area contributed by atoms with Crippen molar-refractivity contribution in [3.05, 3.63) is 53.8 Å². The van der Waals surface area contributed by atoms with Gasteiger partial charge in [0.15, 0.2) is 0 Å². The van der Waals surface area contributed by atoms with Crippen LogP contribution in [0.5, 0.6) is 0 Å². The highest BCUT2D eigenvalue weighted by Gasteiger charge is 2.24. The summed E-state index contributed by atoms with van der Waals surface area (Å²) >= 11 is 0. The van der Waals surface area contributed by atoms with E-state index in [0.717, 1.165) is 22.0 Å². The van der Waals surface area contributed by atoms with Crippen molar-refractivity contribution in [2.75, 3.05) is 13.2 Å². The fourth-order valence-corrected chi connectivity index (χ4v) is 3.96. The van der Waals surface area contributed by atoms with Gasteiger partial charge < -0.3 is 9.05 Å². The molecule has 0 radical (unpaired) electrons. The van der Waals surface area contributed by atoms with Crippen molar-refractivity contribution in [1.82, 2.24) is 9.78 Å². The summed E-state index contributed by atoms with van der Waals surface area (Å²) in [5.74, 6) is -0.296. The van der Waals surface area contributed by atoms with Crippen molar-refractivity contribution in [1.29, 1.82) is 0 Å². The van der Waals surface area contributed by atoms with Crippen molar-refractivity contribution >= 4 is 24.7 Å². The third-order valence-electron chi connectivity index (χ3n) is 3.55. The van der Waals surface area contributed by atoms with Gasteiger partial charge in [0.2, 0.25) is 8.38 Å². The summed E-state index contributed by atoms with van der Waals surface area (Å²) in [6.45, 7) is 6.91. The van der Waals surface area contributed by atoms with E-state index in [-0.39, 0.29) is 5.82 Å². The number of fused-ring (bicyclic) bond motifs is 1. The lowest BCUT2D eigenvalue weighted by Gasteiger charge is -2.17. The highest BCUT2D eigenvalue weighted by molar-refractivity contribution is 7.56. The number of aromatic nitrogens is 2. The van der Waals surface area contributed by atoms with Gasteiger partial charge in [-0.15, -0.1) is 0 Å². The minimum atomic E-state index is -1.35. The first-order valence-corrected chi connectivity index (χ1v) is 9.13. The molecule has 6 heteroatoms. The lowest BCUT2D eigenvalue weighted by Crippen LogP contribution is -2.18. The van der Waals surface area contributed by atoms with E-state index in [0.29, 0.717) is 13.2 Å². The largest absolute Gasteiger partial charge is 0.330 e. The van der Waals surface area contributed by atoms with E-state index >= 15 is 0 Å². The summed E-state index contributed by atoms with van der Waals surface area (Å²) in [6.07, 6.45) is 0. The maximum Gasteiger partial charge on any atom is 0.225 e. The Hall–Kier alpha value is -1.81. The van der Waals surface area contributed by atoms with Crippen LogP contribution in [-0.4, -0.2) is 23.0 Å². The second kappa shape index (κ2) is 7.39. The molecule has 3 rings (SSSR count). The Morgan fingerprint density at radius 1 is 1.04 bits per heavy atom. The third-order valence-corrected chi connectivity index (χ3v) is 5.31. The molecule has 2 aromatic carbocycles. The molecule has 0 saturated carbocycles. The minimum Gasteiger partial charge on any atom is -0.330 e. The van der Waals surface area contributed by atoms with Crippen LogP contribution in [-0.2, 0) is 9.05 Å². The van der Waals surface area contributed by atoms with Crippen molar-refractivity contribution in [2.45, 2.75) is 20.8 Å². The van der Waals surface area contributed by atoms with Gasteiger partial charge in [0.05, 0.1) is 24.4 Å². The molecule has 0 aliphatic carbocycles. The van der Waals surface area contributed by atoms with E-state index in [1.807, 2.05) is 45.0 Å². The highest BCUT2D eigenvalue weighted by atomic mass is 31.2. The zero-order chi connectivity index (χ0) is 17.1. The molecule has 0 saturated heterocycles. The molecule has 0 N–H and O–H groups in total. The van der Waals surface area contributed by atoms with Gasteiger partial charge in [0.25, 0.3) is 0 Å². The van der Waals surface area contributed by atoms with E-state index in [9.17, 15) is 4.39 Å². The number of hydrogen-bond donors (Lipinski definition) is 0. The van der Waals surface area contributed by atoms with Crippen LogP contribution in [0.1, 0.15) is 19.4 Å². The van der Waals surface area contributed by atoms with Gasteiger partial charge in [-0.25, -0.2) is 9.07 Å². The number of rotatable bonds is 6. The predicted octanol–water partition coefficient (Wildman–Crippen LogP) is 4.48. The number of halogens is 1. The Labute approximate surface area is 142 Å². The van der Waals surface area contributed by atoms with Gasteiger partial charge in [0.1, 0.15) is 11.3 Å². The van der Waals surface area contributed by atoms with Crippen LogP contribution in [0.4, 0.5) is 4.39 Å². The van der Waals surface area contributed by atoms with Crippen LogP contribution >= 0.6 is 8.38 Å². The molecule has 0 aliphatic heterocycles. The van der Waals surface area contributed by atoms with Crippen LogP contribution in [0.25, 0.3) is 16.6 Å². The van der Waals surface area contributed by atoms with Crippen LogP contribution < -0.4 is 5.44 Å². The Balaban J connectivity index is 2.23. The highest BCUT2D eigenvalue weighted by Crippen LogP contribution is 2.40. The molecule has 4 nitrogen and oxygen atoms in total. The Morgan fingerprint density at radius 2 is 1.71 bits per heavy atom. The number of benzene rings is 2. The Bertz CT molecular complexity index is 827. The van der Waals surface area contributed by atoms with Crippen LogP contribution in [0, 0.1) is 12.7 Å². The maximum absolute atomic E-state index is 13.8. The van der Waals surface area contributed by atoms with E-state index in [1.165, 1.54) is 17.7 Å². The molecule has 1 heterocycles. The average molecular weight is 346 g/mol. The molecular formula is C18H20FN2O2P. The first kappa shape index (κ1) is 17.0. The summed E-state index contributed by atoms with van der Waals surface area (Å²) in [4.78, 5) is 0. The van der Waals surface area contributed by atoms with Crippen LogP contribution in [0.3, 0.4) is 0 Å². The van der Waals surface area contributed by atoms with E-state index in [2.05, 4.69) is 5.10 Å². The Kier molecular flexibility index (Phi) is 5.24. The summed E-state index contributed by atoms with van der Waals surface area (Å²) in [5, 5.41) is 5.37. The molecule has 126 valence electrons. The van der Waals surface area contributed by atoms with Crippen LogP contribution in [0.2, 0.25) is 0 Å². The minimum absolute atomic E-state index is 0.296. The average Bonchev–Trinajstić information content (AvgIpc) is 2.93. The number of nitrogens with zero attached hydrogens (tertiary/aromatic N) is 2. The van der Waals surface area contributed by atoms with Gasteiger partial charge in [-0.3, -0.25) is 0 Å². The smallest absolute Gasteiger partial charge is 0.225 e. The Morgan fingerprint density at radius 3 is 2.33 bits per heavy atom. The van der Waals surface area contributed by atoms with Crippen molar-refractivity contribution in [3.63, 3.8) is 0 Å². The second-order valence-electron chi connectivity index (χ2n) is 5.33. The first-order chi connectivity index (χ1) is 11.6. The fraction of sp³-hybridized carbons (Fsp3) is 0.278. The number of hydrogen-bond acceptors (Lipinski definition) is 3. The summed E-state index contributed by atoms with van der Waals surface area (Å²) < 4.78 is 27.3. The van der Waals surface area contributed by atoms with Gasteiger partial charge in [-0.2, -0.15) is 5.10 Å². The zero-order valence-corrected chi connectivity index (χ0v) is 14.9. The molecule has 0 atom stereocenters. The molecule has 0 fully saturated rings. The summed E-state index contributed by atoms with van der Waals surface area (Å²) in [6, 6.07) is 12.6. The molecule has 1 aromatic heterocycles. The number of aryl methyl sites for hydroxylation is 1. The molecule has 0 unspecified atom stereocenters. The fourth-order valence-electron chi connectivity index (χ4n) is 2.48. The first-order valence-electron chi connectivity index (χ1n) is 7.95. The van der Waals surface area contributed by atoms with Gasteiger partial charge >= 0.3 is 0 Å².